The van der Waals surface area contributed by atoms with Crippen molar-refractivity contribution in [3.63, 3.8) is 0 Å². The van der Waals surface area contributed by atoms with Gasteiger partial charge in [-0.05, 0) is 37.2 Å². The number of nitrogens with zero attached hydrogens (tertiary/aromatic N) is 3. The van der Waals surface area contributed by atoms with E-state index < -0.39 is 0 Å². The summed E-state index contributed by atoms with van der Waals surface area (Å²) in [6, 6.07) is 10.5. The summed E-state index contributed by atoms with van der Waals surface area (Å²) >= 11 is 0. The second-order valence-corrected chi connectivity index (χ2v) is 7.40. The van der Waals surface area contributed by atoms with E-state index in [0.29, 0.717) is 18.2 Å². The molecule has 0 radical (unpaired) electrons. The lowest BCUT2D eigenvalue weighted by Gasteiger charge is -2.38. The third kappa shape index (κ3) is 4.28. The number of carbonyl (C=O) groups excluding carboxylic acids is 1. The van der Waals surface area contributed by atoms with E-state index in [4.69, 9.17) is 4.74 Å². The first-order valence-electron chi connectivity index (χ1n) is 9.50. The molecule has 1 aromatic carbocycles. The van der Waals surface area contributed by atoms with Gasteiger partial charge in [-0.15, -0.1) is 0 Å². The molecule has 1 aromatic heterocycles. The van der Waals surface area contributed by atoms with Gasteiger partial charge in [0.1, 0.15) is 5.69 Å². The fourth-order valence-electron chi connectivity index (χ4n) is 3.64. The third-order valence-corrected chi connectivity index (χ3v) is 5.32. The van der Waals surface area contributed by atoms with E-state index in [1.165, 1.54) is 18.4 Å². The van der Waals surface area contributed by atoms with Crippen LogP contribution in [0.5, 0.6) is 0 Å². The van der Waals surface area contributed by atoms with Crippen molar-refractivity contribution in [3.8, 4) is 0 Å². The highest BCUT2D eigenvalue weighted by Gasteiger charge is 2.34. The predicted molar refractivity (Wildman–Crippen MR) is 98.7 cm³/mol. The maximum atomic E-state index is 12.8. The number of piperidine rings is 1. The normalized spacial score (nSPS) is 23.0. The highest BCUT2D eigenvalue weighted by atomic mass is 16.5. The Balaban J connectivity index is 1.45. The molecule has 2 aliphatic rings. The minimum atomic E-state index is -0.0307. The minimum Gasteiger partial charge on any atom is -0.377 e. The van der Waals surface area contributed by atoms with Crippen LogP contribution in [0.15, 0.2) is 48.9 Å². The van der Waals surface area contributed by atoms with Gasteiger partial charge in [-0.3, -0.25) is 9.78 Å². The first-order valence-corrected chi connectivity index (χ1v) is 9.50. The van der Waals surface area contributed by atoms with Gasteiger partial charge in [-0.25, -0.2) is 4.98 Å². The Labute approximate surface area is 154 Å². The Bertz CT molecular complexity index is 719. The number of likely N-dealkylation sites (tertiary alicyclic amines) is 1. The molecule has 0 unspecified atom stereocenters. The third-order valence-electron chi connectivity index (χ3n) is 5.32. The quantitative estimate of drug-likeness (QED) is 0.803. The molecule has 1 aliphatic carbocycles. The van der Waals surface area contributed by atoms with Gasteiger partial charge in [0.25, 0.3) is 5.91 Å². The van der Waals surface area contributed by atoms with Crippen LogP contribution in [0.1, 0.15) is 35.3 Å². The smallest absolute Gasteiger partial charge is 0.274 e. The van der Waals surface area contributed by atoms with Gasteiger partial charge in [0.05, 0.1) is 12.3 Å². The van der Waals surface area contributed by atoms with E-state index in [-0.39, 0.29) is 12.0 Å². The Morgan fingerprint density at radius 1 is 1.15 bits per heavy atom. The zero-order valence-electron chi connectivity index (χ0n) is 15.0. The van der Waals surface area contributed by atoms with Crippen LogP contribution in [-0.2, 0) is 11.2 Å². The summed E-state index contributed by atoms with van der Waals surface area (Å²) in [7, 11) is 0. The van der Waals surface area contributed by atoms with Gasteiger partial charge >= 0.3 is 0 Å². The molecule has 2 fully saturated rings. The zero-order chi connectivity index (χ0) is 17.8. The monoisotopic (exact) mass is 351 g/mol. The fourth-order valence-corrected chi connectivity index (χ4v) is 3.64. The van der Waals surface area contributed by atoms with Crippen molar-refractivity contribution in [3.05, 3.63) is 60.2 Å². The second kappa shape index (κ2) is 7.96. The van der Waals surface area contributed by atoms with Gasteiger partial charge in [0.15, 0.2) is 0 Å². The lowest BCUT2D eigenvalue weighted by molar-refractivity contribution is -0.0327. The molecule has 1 saturated carbocycles. The molecule has 0 spiro atoms. The van der Waals surface area contributed by atoms with Gasteiger partial charge in [-0.2, -0.15) is 0 Å². The SMILES string of the molecule is O=C(c1cnccn1)N1CC[C@@H](OCC2CC2)[C@H](Cc2ccccc2)C1. The highest BCUT2D eigenvalue weighted by Crippen LogP contribution is 2.32. The molecule has 2 heterocycles. The number of hydrogen-bond donors (Lipinski definition) is 0. The summed E-state index contributed by atoms with van der Waals surface area (Å²) in [5, 5.41) is 0. The topological polar surface area (TPSA) is 55.3 Å². The van der Waals surface area contributed by atoms with E-state index in [1.54, 1.807) is 18.6 Å². The molecule has 2 aromatic rings. The number of rotatable bonds is 6. The highest BCUT2D eigenvalue weighted by molar-refractivity contribution is 5.92. The molecule has 1 amide bonds. The van der Waals surface area contributed by atoms with E-state index in [2.05, 4.69) is 34.2 Å². The zero-order valence-corrected chi connectivity index (χ0v) is 15.0. The fraction of sp³-hybridized carbons (Fsp3) is 0.476. The van der Waals surface area contributed by atoms with Gasteiger partial charge < -0.3 is 9.64 Å². The molecule has 1 saturated heterocycles. The Kier molecular flexibility index (Phi) is 5.25. The van der Waals surface area contributed by atoms with E-state index in [0.717, 1.165) is 31.9 Å². The van der Waals surface area contributed by atoms with E-state index >= 15 is 0 Å². The van der Waals surface area contributed by atoms with Crippen LogP contribution in [0.2, 0.25) is 0 Å². The van der Waals surface area contributed by atoms with Crippen LogP contribution in [-0.4, -0.2) is 46.6 Å². The van der Waals surface area contributed by atoms with Crippen molar-refractivity contribution >= 4 is 5.91 Å². The molecule has 26 heavy (non-hydrogen) atoms. The van der Waals surface area contributed by atoms with Crippen molar-refractivity contribution in [2.75, 3.05) is 19.7 Å². The molecule has 5 nitrogen and oxygen atoms in total. The molecular formula is C21H25N3O2. The van der Waals surface area contributed by atoms with Crippen LogP contribution < -0.4 is 0 Å². The lowest BCUT2D eigenvalue weighted by Crippen LogP contribution is -2.48. The maximum absolute atomic E-state index is 12.8. The molecule has 5 heteroatoms. The summed E-state index contributed by atoms with van der Waals surface area (Å²) in [4.78, 5) is 22.9. The Hall–Kier alpha value is -2.27. The molecule has 136 valence electrons. The first-order chi connectivity index (χ1) is 12.8. The second-order valence-electron chi connectivity index (χ2n) is 7.40. The summed E-state index contributed by atoms with van der Waals surface area (Å²) in [6.45, 7) is 2.30. The van der Waals surface area contributed by atoms with Crippen molar-refractivity contribution in [2.45, 2.75) is 31.8 Å². The first kappa shape index (κ1) is 17.2. The number of carbonyl (C=O) groups is 1. The number of amides is 1. The van der Waals surface area contributed by atoms with Crippen LogP contribution in [0, 0.1) is 11.8 Å². The molecule has 0 N–H and O–H groups in total. The van der Waals surface area contributed by atoms with Crippen molar-refractivity contribution in [1.82, 2.24) is 14.9 Å². The summed E-state index contributed by atoms with van der Waals surface area (Å²) in [6.07, 6.45) is 9.34. The van der Waals surface area contributed by atoms with Gasteiger partial charge in [0.2, 0.25) is 0 Å². The predicted octanol–water partition coefficient (Wildman–Crippen LogP) is 2.98. The average molecular weight is 351 g/mol. The lowest BCUT2D eigenvalue weighted by atomic mass is 9.88. The molecule has 1 aliphatic heterocycles. The van der Waals surface area contributed by atoms with Crippen molar-refractivity contribution in [2.24, 2.45) is 11.8 Å². The largest absolute Gasteiger partial charge is 0.377 e. The van der Waals surface area contributed by atoms with E-state index in [1.807, 2.05) is 11.0 Å². The number of hydrogen-bond acceptors (Lipinski definition) is 4. The average Bonchev–Trinajstić information content (AvgIpc) is 3.52. The summed E-state index contributed by atoms with van der Waals surface area (Å²) in [5.74, 6) is 1.04. The van der Waals surface area contributed by atoms with E-state index in [9.17, 15) is 4.79 Å². The number of aromatic nitrogens is 2. The van der Waals surface area contributed by atoms with Crippen LogP contribution in [0.25, 0.3) is 0 Å². The standard InChI is InChI=1S/C21H25N3O2/c25-21(19-13-22-9-10-23-19)24-11-8-20(26-15-17-6-7-17)18(14-24)12-16-4-2-1-3-5-16/h1-5,9-10,13,17-18,20H,6-8,11-12,14-15H2/t18-,20-/m1/s1. The summed E-state index contributed by atoms with van der Waals surface area (Å²) < 4.78 is 6.26. The molecule has 4 rings (SSSR count). The molecular weight excluding hydrogens is 326 g/mol. The minimum absolute atomic E-state index is 0.0307. The number of ether oxygens (including phenoxy) is 1. The Morgan fingerprint density at radius 3 is 2.73 bits per heavy atom. The maximum Gasteiger partial charge on any atom is 0.274 e. The molecule has 0 bridgehead atoms. The number of benzene rings is 1. The van der Waals surface area contributed by atoms with Crippen LogP contribution in [0.4, 0.5) is 0 Å². The summed E-state index contributed by atoms with van der Waals surface area (Å²) in [5.41, 5.74) is 1.72. The Morgan fingerprint density at radius 2 is 2.00 bits per heavy atom. The molecule has 2 atom stereocenters. The van der Waals surface area contributed by atoms with Crippen LogP contribution >= 0.6 is 0 Å². The van der Waals surface area contributed by atoms with Crippen LogP contribution in [0.3, 0.4) is 0 Å². The van der Waals surface area contributed by atoms with Gasteiger partial charge in [0, 0.05) is 38.0 Å². The van der Waals surface area contributed by atoms with Crippen molar-refractivity contribution in [1.29, 1.82) is 0 Å². The van der Waals surface area contributed by atoms with Crippen molar-refractivity contribution < 1.29 is 9.53 Å². The van der Waals surface area contributed by atoms with Gasteiger partial charge in [-0.1, -0.05) is 30.3 Å².